The highest BCUT2D eigenvalue weighted by Gasteiger charge is 2.64. The first-order valence-electron chi connectivity index (χ1n) is 13.7. The quantitative estimate of drug-likeness (QED) is 0.114. The van der Waals surface area contributed by atoms with Crippen molar-refractivity contribution < 1.29 is 14.6 Å². The van der Waals surface area contributed by atoms with Crippen molar-refractivity contribution in [1.29, 1.82) is 0 Å². The van der Waals surface area contributed by atoms with Gasteiger partial charge >= 0.3 is 5.97 Å². The van der Waals surface area contributed by atoms with E-state index in [4.69, 9.17) is 4.74 Å². The molecule has 1 aliphatic rings. The first kappa shape index (κ1) is 28.7. The summed E-state index contributed by atoms with van der Waals surface area (Å²) < 4.78 is 5.68. The van der Waals surface area contributed by atoms with Gasteiger partial charge in [0, 0.05) is 6.42 Å². The van der Waals surface area contributed by atoms with Gasteiger partial charge in [-0.2, -0.15) is 0 Å². The zero-order valence-corrected chi connectivity index (χ0v) is 22.6. The number of carbonyl (C=O) groups is 1. The number of esters is 1. The maximum absolute atomic E-state index is 12.7. The van der Waals surface area contributed by atoms with Crippen LogP contribution in [0.5, 0.6) is 0 Å². The maximum Gasteiger partial charge on any atom is 0.313 e. The molecular weight excluding hydrogens is 400 g/mol. The molecule has 1 fully saturated rings. The highest BCUT2D eigenvalue weighted by molar-refractivity contribution is 6.83. The van der Waals surface area contributed by atoms with Crippen molar-refractivity contribution in [3.05, 3.63) is 0 Å². The Morgan fingerprint density at radius 2 is 1.26 bits per heavy atom. The van der Waals surface area contributed by atoms with E-state index in [-0.39, 0.29) is 23.2 Å². The van der Waals surface area contributed by atoms with Crippen LogP contribution in [0.3, 0.4) is 0 Å². The van der Waals surface area contributed by atoms with Crippen LogP contribution >= 0.6 is 0 Å². The van der Waals surface area contributed by atoms with E-state index in [2.05, 4.69) is 33.5 Å². The number of hydrogen-bond acceptors (Lipinski definition) is 3. The van der Waals surface area contributed by atoms with Gasteiger partial charge in [-0.3, -0.25) is 4.79 Å². The lowest BCUT2D eigenvalue weighted by Gasteiger charge is -2.54. The number of hydrogen-bond donors (Lipinski definition) is 1. The summed E-state index contributed by atoms with van der Waals surface area (Å²) in [6.45, 7) is 11.4. The molecule has 31 heavy (non-hydrogen) atoms. The molecule has 0 saturated carbocycles. The average molecular weight is 455 g/mol. The minimum absolute atomic E-state index is 0.0303. The minimum Gasteiger partial charge on any atom is -0.461 e. The summed E-state index contributed by atoms with van der Waals surface area (Å²) in [7, 11) is -1.75. The number of carbonyl (C=O) groups excluding carboxylic acids is 1. The molecule has 0 aromatic rings. The Morgan fingerprint density at radius 1 is 0.806 bits per heavy atom. The van der Waals surface area contributed by atoms with Crippen molar-refractivity contribution in [2.45, 2.75) is 166 Å². The van der Waals surface area contributed by atoms with Crippen molar-refractivity contribution in [3.8, 4) is 0 Å². The molecule has 0 radical (unpaired) electrons. The van der Waals surface area contributed by atoms with Gasteiger partial charge in [-0.1, -0.05) is 130 Å². The molecule has 0 aromatic heterocycles. The van der Waals surface area contributed by atoms with Crippen molar-refractivity contribution in [3.63, 3.8) is 0 Å². The van der Waals surface area contributed by atoms with Crippen LogP contribution in [-0.2, 0) is 9.53 Å². The third-order valence-electron chi connectivity index (χ3n) is 7.55. The van der Waals surface area contributed by atoms with Crippen LogP contribution in [0.1, 0.15) is 129 Å². The molecule has 1 aliphatic heterocycles. The van der Waals surface area contributed by atoms with Gasteiger partial charge in [0.25, 0.3) is 0 Å². The average Bonchev–Trinajstić information content (AvgIpc) is 2.70. The molecule has 0 aliphatic carbocycles. The Morgan fingerprint density at radius 3 is 1.71 bits per heavy atom. The van der Waals surface area contributed by atoms with Crippen LogP contribution in [0.15, 0.2) is 0 Å². The fraction of sp³-hybridized carbons (Fsp3) is 0.963. The van der Waals surface area contributed by atoms with E-state index < -0.39 is 8.07 Å². The molecule has 3 nitrogen and oxygen atoms in total. The predicted molar refractivity (Wildman–Crippen MR) is 136 cm³/mol. The highest BCUT2D eigenvalue weighted by atomic mass is 28.3. The summed E-state index contributed by atoms with van der Waals surface area (Å²) in [5, 5.41) is 10.3. The molecule has 4 heteroatoms. The molecular formula is C27H54O3Si. The number of rotatable bonds is 20. The molecule has 184 valence electrons. The number of aliphatic hydroxyl groups excluding tert-OH is 1. The lowest BCUT2D eigenvalue weighted by atomic mass is 9.85. The van der Waals surface area contributed by atoms with Crippen molar-refractivity contribution in [2.75, 3.05) is 0 Å². The van der Waals surface area contributed by atoms with Crippen LogP contribution in [0.4, 0.5) is 0 Å². The van der Waals surface area contributed by atoms with Gasteiger partial charge in [-0.15, -0.1) is 0 Å². The molecule has 1 N–H and O–H groups in total. The second-order valence-corrected chi connectivity index (χ2v) is 16.5. The molecule has 1 rings (SSSR count). The molecule has 1 saturated heterocycles. The second-order valence-electron chi connectivity index (χ2n) is 11.1. The third-order valence-corrected chi connectivity index (χ3v) is 11.0. The van der Waals surface area contributed by atoms with Crippen LogP contribution in [-0.4, -0.2) is 31.4 Å². The largest absolute Gasteiger partial charge is 0.461 e. The van der Waals surface area contributed by atoms with Gasteiger partial charge in [0.2, 0.25) is 0 Å². The van der Waals surface area contributed by atoms with E-state index in [0.717, 1.165) is 25.7 Å². The van der Waals surface area contributed by atoms with E-state index in [1.807, 2.05) is 0 Å². The lowest BCUT2D eigenvalue weighted by molar-refractivity contribution is -0.186. The third kappa shape index (κ3) is 9.58. The fourth-order valence-corrected chi connectivity index (χ4v) is 8.07. The SMILES string of the molecule is CCCCCCCCCCCCC1([Si](C)(C)C)C(=O)OC1CC(O)CCCCCCC. The highest BCUT2D eigenvalue weighted by Crippen LogP contribution is 2.57. The molecule has 3 atom stereocenters. The Labute approximate surface area is 195 Å². The monoisotopic (exact) mass is 454 g/mol. The normalized spacial score (nSPS) is 22.3. The van der Waals surface area contributed by atoms with Gasteiger partial charge < -0.3 is 9.84 Å². The van der Waals surface area contributed by atoms with E-state index in [0.29, 0.717) is 6.42 Å². The van der Waals surface area contributed by atoms with E-state index in [1.54, 1.807) is 0 Å². The molecule has 0 amide bonds. The Bertz CT molecular complexity index is 474. The van der Waals surface area contributed by atoms with Crippen LogP contribution < -0.4 is 0 Å². The Hall–Kier alpha value is -0.353. The smallest absolute Gasteiger partial charge is 0.313 e. The van der Waals surface area contributed by atoms with Crippen LogP contribution in [0.25, 0.3) is 0 Å². The van der Waals surface area contributed by atoms with E-state index in [9.17, 15) is 9.90 Å². The second kappa shape index (κ2) is 15.5. The Balaban J connectivity index is 2.38. The molecule has 3 unspecified atom stereocenters. The summed E-state index contributed by atoms with van der Waals surface area (Å²) in [5.41, 5.74) is 0. The number of unbranched alkanes of at least 4 members (excludes halogenated alkanes) is 13. The van der Waals surface area contributed by atoms with Gasteiger partial charge in [-0.05, 0) is 12.8 Å². The predicted octanol–water partition coefficient (Wildman–Crippen LogP) is 8.41. The minimum atomic E-state index is -1.75. The first-order valence-corrected chi connectivity index (χ1v) is 17.2. The van der Waals surface area contributed by atoms with Crippen LogP contribution in [0, 0.1) is 0 Å². The molecule has 0 bridgehead atoms. The van der Waals surface area contributed by atoms with Gasteiger partial charge in [0.15, 0.2) is 0 Å². The van der Waals surface area contributed by atoms with Gasteiger partial charge in [-0.25, -0.2) is 0 Å². The number of cyclic esters (lactones) is 1. The summed E-state index contributed by atoms with van der Waals surface area (Å²) in [4.78, 5) is 12.7. The summed E-state index contributed by atoms with van der Waals surface area (Å²) in [6, 6.07) is 0. The summed E-state index contributed by atoms with van der Waals surface area (Å²) in [5.74, 6) is 0.0303. The van der Waals surface area contributed by atoms with Crippen molar-refractivity contribution >= 4 is 14.0 Å². The molecule has 1 heterocycles. The fourth-order valence-electron chi connectivity index (χ4n) is 5.32. The summed E-state index contributed by atoms with van der Waals surface area (Å²) in [6.07, 6.45) is 21.3. The molecule has 0 aromatic carbocycles. The standard InChI is InChI=1S/C27H54O3Si/c1-6-8-10-12-13-14-15-16-18-20-22-27(31(3,4)5)25(30-26(27)29)23-24(28)21-19-17-11-9-7-2/h24-25,28H,6-23H2,1-5H3. The van der Waals surface area contributed by atoms with Gasteiger partial charge in [0.1, 0.15) is 6.10 Å². The Kier molecular flexibility index (Phi) is 14.3. The number of aliphatic hydroxyl groups is 1. The first-order chi connectivity index (χ1) is 14.8. The van der Waals surface area contributed by atoms with E-state index in [1.165, 1.54) is 83.5 Å². The topological polar surface area (TPSA) is 46.5 Å². The summed E-state index contributed by atoms with van der Waals surface area (Å²) >= 11 is 0. The van der Waals surface area contributed by atoms with Gasteiger partial charge in [0.05, 0.1) is 19.2 Å². The lowest BCUT2D eigenvalue weighted by Crippen LogP contribution is -2.63. The van der Waals surface area contributed by atoms with Crippen molar-refractivity contribution in [2.24, 2.45) is 0 Å². The van der Waals surface area contributed by atoms with Crippen LogP contribution in [0.2, 0.25) is 24.7 Å². The molecule has 0 spiro atoms. The van der Waals surface area contributed by atoms with Crippen molar-refractivity contribution in [1.82, 2.24) is 0 Å². The number of ether oxygens (including phenoxy) is 1. The zero-order valence-electron chi connectivity index (χ0n) is 21.6. The van der Waals surface area contributed by atoms with E-state index >= 15 is 0 Å². The maximum atomic E-state index is 12.7. The zero-order chi connectivity index (χ0) is 23.2.